The number of benzene rings is 1. The second-order valence-corrected chi connectivity index (χ2v) is 7.29. The molecular formula is C19H22N4S. The Morgan fingerprint density at radius 1 is 0.917 bits per heavy atom. The van der Waals surface area contributed by atoms with Gasteiger partial charge in [-0.1, -0.05) is 36.4 Å². The number of nitrogens with one attached hydrogen (secondary N) is 1. The van der Waals surface area contributed by atoms with Gasteiger partial charge in [0.05, 0.1) is 0 Å². The number of thiophene rings is 1. The predicted molar refractivity (Wildman–Crippen MR) is 98.9 cm³/mol. The molecule has 1 fully saturated rings. The van der Waals surface area contributed by atoms with E-state index in [1.165, 1.54) is 10.6 Å². The average molecular weight is 338 g/mol. The smallest absolute Gasteiger partial charge is 0.137 e. The van der Waals surface area contributed by atoms with Crippen molar-refractivity contribution in [1.82, 2.24) is 19.8 Å². The number of hydrogen-bond acceptors (Lipinski definition) is 4. The molecule has 5 heteroatoms. The Bertz CT molecular complexity index is 743. The van der Waals surface area contributed by atoms with Crippen LogP contribution < -0.4 is 0 Å². The first-order valence-electron chi connectivity index (χ1n) is 8.43. The van der Waals surface area contributed by atoms with Crippen molar-refractivity contribution in [3.05, 3.63) is 64.6 Å². The molecule has 1 N–H and O–H groups in total. The van der Waals surface area contributed by atoms with Crippen molar-refractivity contribution in [2.45, 2.75) is 13.1 Å². The van der Waals surface area contributed by atoms with Gasteiger partial charge in [0, 0.05) is 61.6 Å². The Hall–Kier alpha value is -1.95. The minimum absolute atomic E-state index is 0.951. The van der Waals surface area contributed by atoms with Crippen LogP contribution in [0.1, 0.15) is 10.6 Å². The summed E-state index contributed by atoms with van der Waals surface area (Å²) in [6.45, 7) is 6.55. The van der Waals surface area contributed by atoms with Gasteiger partial charge in [0.1, 0.15) is 5.82 Å². The van der Waals surface area contributed by atoms with Crippen LogP contribution in [-0.2, 0) is 13.1 Å². The molecule has 24 heavy (non-hydrogen) atoms. The highest BCUT2D eigenvalue weighted by molar-refractivity contribution is 7.09. The average Bonchev–Trinajstić information content (AvgIpc) is 3.29. The van der Waals surface area contributed by atoms with Crippen molar-refractivity contribution >= 4 is 11.3 Å². The van der Waals surface area contributed by atoms with Crippen molar-refractivity contribution in [3.8, 4) is 11.4 Å². The monoisotopic (exact) mass is 338 g/mol. The summed E-state index contributed by atoms with van der Waals surface area (Å²) >= 11 is 1.85. The maximum atomic E-state index is 4.53. The van der Waals surface area contributed by atoms with Crippen LogP contribution in [0.15, 0.2) is 54.0 Å². The highest BCUT2D eigenvalue weighted by atomic mass is 32.1. The van der Waals surface area contributed by atoms with Crippen molar-refractivity contribution in [2.75, 3.05) is 26.2 Å². The van der Waals surface area contributed by atoms with Gasteiger partial charge in [0.15, 0.2) is 0 Å². The zero-order valence-corrected chi connectivity index (χ0v) is 14.5. The molecule has 1 aromatic carbocycles. The van der Waals surface area contributed by atoms with Gasteiger partial charge in [0.2, 0.25) is 0 Å². The SMILES string of the molecule is c1ccc(-c2ncc(CN3CCN(Cc4cccs4)CC3)[nH]2)cc1. The second-order valence-electron chi connectivity index (χ2n) is 6.25. The van der Waals surface area contributed by atoms with E-state index in [2.05, 4.69) is 49.4 Å². The molecule has 0 saturated carbocycles. The van der Waals surface area contributed by atoms with Crippen molar-refractivity contribution in [1.29, 1.82) is 0 Å². The molecule has 124 valence electrons. The van der Waals surface area contributed by atoms with E-state index in [0.717, 1.165) is 50.7 Å². The second kappa shape index (κ2) is 7.30. The Morgan fingerprint density at radius 3 is 2.38 bits per heavy atom. The highest BCUT2D eigenvalue weighted by Gasteiger charge is 2.18. The quantitative estimate of drug-likeness (QED) is 0.774. The van der Waals surface area contributed by atoms with Crippen LogP contribution in [0.4, 0.5) is 0 Å². The van der Waals surface area contributed by atoms with Gasteiger partial charge in [-0.05, 0) is 11.4 Å². The number of piperazine rings is 1. The molecule has 1 aliphatic heterocycles. The standard InChI is InChI=1S/C19H22N4S/c1-2-5-16(6-3-1)19-20-13-17(21-19)14-22-8-10-23(11-9-22)15-18-7-4-12-24-18/h1-7,12-13H,8-11,14-15H2,(H,20,21). The van der Waals surface area contributed by atoms with E-state index in [1.807, 2.05) is 35.7 Å². The van der Waals surface area contributed by atoms with Gasteiger partial charge in [0.25, 0.3) is 0 Å². The lowest BCUT2D eigenvalue weighted by Crippen LogP contribution is -2.45. The summed E-state index contributed by atoms with van der Waals surface area (Å²) in [5.74, 6) is 0.960. The number of aromatic nitrogens is 2. The molecular weight excluding hydrogens is 316 g/mol. The first-order valence-corrected chi connectivity index (χ1v) is 9.31. The summed E-state index contributed by atoms with van der Waals surface area (Å²) in [7, 11) is 0. The van der Waals surface area contributed by atoms with Crippen molar-refractivity contribution in [3.63, 3.8) is 0 Å². The van der Waals surface area contributed by atoms with E-state index < -0.39 is 0 Å². The van der Waals surface area contributed by atoms with Crippen LogP contribution >= 0.6 is 11.3 Å². The van der Waals surface area contributed by atoms with Gasteiger partial charge in [-0.2, -0.15) is 0 Å². The van der Waals surface area contributed by atoms with Gasteiger partial charge < -0.3 is 4.98 Å². The van der Waals surface area contributed by atoms with E-state index in [0.29, 0.717) is 0 Å². The molecule has 3 aromatic rings. The van der Waals surface area contributed by atoms with Crippen LogP contribution in [0.5, 0.6) is 0 Å². The third-order valence-corrected chi connectivity index (χ3v) is 5.36. The van der Waals surface area contributed by atoms with Crippen LogP contribution in [0.25, 0.3) is 11.4 Å². The first kappa shape index (κ1) is 15.6. The predicted octanol–water partition coefficient (Wildman–Crippen LogP) is 3.46. The minimum Gasteiger partial charge on any atom is -0.341 e. The van der Waals surface area contributed by atoms with Crippen LogP contribution in [0.2, 0.25) is 0 Å². The Kier molecular flexibility index (Phi) is 4.74. The molecule has 1 saturated heterocycles. The molecule has 0 bridgehead atoms. The minimum atomic E-state index is 0.951. The zero-order chi connectivity index (χ0) is 16.2. The van der Waals surface area contributed by atoms with Crippen LogP contribution in [0, 0.1) is 0 Å². The summed E-state index contributed by atoms with van der Waals surface area (Å²) in [5.41, 5.74) is 2.34. The largest absolute Gasteiger partial charge is 0.341 e. The van der Waals surface area contributed by atoms with Crippen LogP contribution in [-0.4, -0.2) is 45.9 Å². The molecule has 3 heterocycles. The number of H-pyrrole nitrogens is 1. The van der Waals surface area contributed by atoms with E-state index in [1.54, 1.807) is 0 Å². The third-order valence-electron chi connectivity index (χ3n) is 4.49. The molecule has 0 spiro atoms. The molecule has 0 aliphatic carbocycles. The van der Waals surface area contributed by atoms with E-state index in [9.17, 15) is 0 Å². The maximum Gasteiger partial charge on any atom is 0.137 e. The number of imidazole rings is 1. The Morgan fingerprint density at radius 2 is 1.67 bits per heavy atom. The topological polar surface area (TPSA) is 35.2 Å². The lowest BCUT2D eigenvalue weighted by Gasteiger charge is -2.34. The number of hydrogen-bond donors (Lipinski definition) is 1. The van der Waals surface area contributed by atoms with E-state index in [-0.39, 0.29) is 0 Å². The molecule has 0 amide bonds. The zero-order valence-electron chi connectivity index (χ0n) is 13.7. The fourth-order valence-electron chi connectivity index (χ4n) is 3.15. The molecule has 0 atom stereocenters. The Labute approximate surface area is 146 Å². The van der Waals surface area contributed by atoms with Crippen molar-refractivity contribution < 1.29 is 0 Å². The molecule has 1 aliphatic rings. The number of nitrogens with zero attached hydrogens (tertiary/aromatic N) is 3. The summed E-state index contributed by atoms with van der Waals surface area (Å²) < 4.78 is 0. The molecule has 0 unspecified atom stereocenters. The molecule has 2 aromatic heterocycles. The van der Waals surface area contributed by atoms with Crippen molar-refractivity contribution in [2.24, 2.45) is 0 Å². The lowest BCUT2D eigenvalue weighted by molar-refractivity contribution is 0.122. The Balaban J connectivity index is 1.30. The number of aromatic amines is 1. The summed E-state index contributed by atoms with van der Waals surface area (Å²) in [6.07, 6.45) is 1.97. The van der Waals surface area contributed by atoms with Gasteiger partial charge in [-0.15, -0.1) is 11.3 Å². The van der Waals surface area contributed by atoms with Gasteiger partial charge in [-0.3, -0.25) is 9.80 Å². The van der Waals surface area contributed by atoms with Gasteiger partial charge in [-0.25, -0.2) is 4.98 Å². The molecule has 4 rings (SSSR count). The first-order chi connectivity index (χ1) is 11.9. The fourth-order valence-corrected chi connectivity index (χ4v) is 3.90. The third kappa shape index (κ3) is 3.75. The summed E-state index contributed by atoms with van der Waals surface area (Å²) in [5, 5.41) is 2.16. The fraction of sp³-hybridized carbons (Fsp3) is 0.316. The maximum absolute atomic E-state index is 4.53. The molecule has 0 radical (unpaired) electrons. The van der Waals surface area contributed by atoms with E-state index >= 15 is 0 Å². The molecule has 4 nitrogen and oxygen atoms in total. The lowest BCUT2D eigenvalue weighted by atomic mass is 10.2. The van der Waals surface area contributed by atoms with E-state index in [4.69, 9.17) is 0 Å². The van der Waals surface area contributed by atoms with Gasteiger partial charge >= 0.3 is 0 Å². The summed E-state index contributed by atoms with van der Waals surface area (Å²) in [6, 6.07) is 14.7. The highest BCUT2D eigenvalue weighted by Crippen LogP contribution is 2.17. The normalized spacial score (nSPS) is 16.5. The van der Waals surface area contributed by atoms with Crippen LogP contribution in [0.3, 0.4) is 0 Å². The number of rotatable bonds is 5. The summed E-state index contributed by atoms with van der Waals surface area (Å²) in [4.78, 5) is 14.5.